The van der Waals surface area contributed by atoms with Crippen LogP contribution >= 0.6 is 0 Å². The van der Waals surface area contributed by atoms with Crippen LogP contribution in [0, 0.1) is 13.8 Å². The molecule has 0 aliphatic rings. The third-order valence-corrected chi connectivity index (χ3v) is 4.53. The zero-order valence-electron chi connectivity index (χ0n) is 16.3. The lowest BCUT2D eigenvalue weighted by molar-refractivity contribution is 0.0846. The first kappa shape index (κ1) is 19.0. The van der Waals surface area contributed by atoms with Crippen molar-refractivity contribution in [2.45, 2.75) is 13.8 Å². The lowest BCUT2D eigenvalue weighted by atomic mass is 10.2. The average Bonchev–Trinajstić information content (AvgIpc) is 3.36. The maximum atomic E-state index is 12.5. The molecule has 2 amide bonds. The first-order chi connectivity index (χ1) is 14.6. The molecule has 0 spiro atoms. The van der Waals surface area contributed by atoms with E-state index in [2.05, 4.69) is 31.0 Å². The fraction of sp³-hybridized carbons (Fsp3) is 0.100. The molecule has 0 fully saturated rings. The molecule has 0 bridgehead atoms. The summed E-state index contributed by atoms with van der Waals surface area (Å²) in [7, 11) is 0. The number of rotatable bonds is 4. The molecule has 0 atom stereocenters. The van der Waals surface area contributed by atoms with Gasteiger partial charge >= 0.3 is 0 Å². The van der Waals surface area contributed by atoms with Crippen LogP contribution < -0.4 is 10.9 Å². The van der Waals surface area contributed by atoms with Gasteiger partial charge in [0.15, 0.2) is 11.6 Å². The van der Waals surface area contributed by atoms with E-state index in [1.807, 2.05) is 12.1 Å². The van der Waals surface area contributed by atoms with E-state index in [0.717, 1.165) is 0 Å². The Balaban J connectivity index is 1.46. The van der Waals surface area contributed by atoms with E-state index < -0.39 is 11.8 Å². The van der Waals surface area contributed by atoms with Crippen molar-refractivity contribution in [3.63, 3.8) is 0 Å². The van der Waals surface area contributed by atoms with E-state index in [0.29, 0.717) is 34.2 Å². The van der Waals surface area contributed by atoms with Crippen LogP contribution in [0.15, 0.2) is 61.2 Å². The maximum Gasteiger partial charge on any atom is 0.273 e. The van der Waals surface area contributed by atoms with E-state index >= 15 is 0 Å². The highest BCUT2D eigenvalue weighted by Crippen LogP contribution is 2.13. The van der Waals surface area contributed by atoms with Crippen LogP contribution in [0.2, 0.25) is 0 Å². The molecule has 0 saturated heterocycles. The van der Waals surface area contributed by atoms with E-state index in [-0.39, 0.29) is 0 Å². The quantitative estimate of drug-likeness (QED) is 0.500. The molecule has 4 heterocycles. The highest BCUT2D eigenvalue weighted by Gasteiger charge is 2.19. The standard InChI is InChI=1S/C20H18N8O2/c1-13-15(11-23-27(13)17-7-3-5-9-21-17)19(29)25-26-20(30)16-12-24-28(14(16)2)18-8-4-6-10-22-18/h3-12H,1-2H3,(H,25,29)(H,26,30). The number of nitrogens with zero attached hydrogens (tertiary/aromatic N) is 6. The highest BCUT2D eigenvalue weighted by atomic mass is 16.2. The Kier molecular flexibility index (Phi) is 5.04. The molecule has 0 saturated carbocycles. The minimum atomic E-state index is -0.488. The molecule has 4 aromatic heterocycles. The van der Waals surface area contributed by atoms with E-state index in [9.17, 15) is 9.59 Å². The highest BCUT2D eigenvalue weighted by molar-refractivity contribution is 5.99. The van der Waals surface area contributed by atoms with Crippen LogP contribution in [0.3, 0.4) is 0 Å². The number of hydrogen-bond acceptors (Lipinski definition) is 6. The van der Waals surface area contributed by atoms with Gasteiger partial charge in [0.25, 0.3) is 11.8 Å². The number of carbonyl (C=O) groups excluding carboxylic acids is 2. The number of amides is 2. The van der Waals surface area contributed by atoms with Gasteiger partial charge in [-0.05, 0) is 38.1 Å². The summed E-state index contributed by atoms with van der Waals surface area (Å²) in [4.78, 5) is 33.5. The van der Waals surface area contributed by atoms with Gasteiger partial charge < -0.3 is 0 Å². The van der Waals surface area contributed by atoms with Gasteiger partial charge in [0.2, 0.25) is 0 Å². The molecule has 0 unspecified atom stereocenters. The largest absolute Gasteiger partial charge is 0.273 e. The molecule has 30 heavy (non-hydrogen) atoms. The third kappa shape index (κ3) is 3.53. The van der Waals surface area contributed by atoms with Gasteiger partial charge in [0.05, 0.1) is 34.9 Å². The zero-order valence-corrected chi connectivity index (χ0v) is 16.3. The number of pyridine rings is 2. The predicted molar refractivity (Wildman–Crippen MR) is 107 cm³/mol. The third-order valence-electron chi connectivity index (χ3n) is 4.53. The Morgan fingerprint density at radius 1 is 0.733 bits per heavy atom. The van der Waals surface area contributed by atoms with Crippen molar-refractivity contribution < 1.29 is 9.59 Å². The maximum absolute atomic E-state index is 12.5. The average molecular weight is 402 g/mol. The molecule has 10 heteroatoms. The minimum absolute atomic E-state index is 0.321. The molecule has 2 N–H and O–H groups in total. The van der Waals surface area contributed by atoms with Crippen LogP contribution in [0.1, 0.15) is 32.1 Å². The second kappa shape index (κ2) is 7.95. The predicted octanol–water partition coefficient (Wildman–Crippen LogP) is 1.54. The summed E-state index contributed by atoms with van der Waals surface area (Å²) in [5, 5.41) is 8.41. The first-order valence-electron chi connectivity index (χ1n) is 9.09. The Labute approximate surface area is 171 Å². The molecule has 0 aromatic carbocycles. The Morgan fingerprint density at radius 2 is 1.17 bits per heavy atom. The van der Waals surface area contributed by atoms with Gasteiger partial charge in [-0.15, -0.1) is 0 Å². The van der Waals surface area contributed by atoms with E-state index in [1.165, 1.54) is 12.4 Å². The lowest BCUT2D eigenvalue weighted by Crippen LogP contribution is -2.42. The molecule has 0 aliphatic carbocycles. The molecule has 10 nitrogen and oxygen atoms in total. The number of hydrazine groups is 1. The van der Waals surface area contributed by atoms with Crippen molar-refractivity contribution in [1.29, 1.82) is 0 Å². The normalized spacial score (nSPS) is 10.6. The van der Waals surface area contributed by atoms with E-state index in [4.69, 9.17) is 0 Å². The lowest BCUT2D eigenvalue weighted by Gasteiger charge is -2.08. The van der Waals surface area contributed by atoms with E-state index in [1.54, 1.807) is 59.9 Å². The first-order valence-corrected chi connectivity index (χ1v) is 9.09. The molecule has 0 radical (unpaired) electrons. The monoisotopic (exact) mass is 402 g/mol. The van der Waals surface area contributed by atoms with Crippen molar-refractivity contribution >= 4 is 11.8 Å². The Bertz CT molecular complexity index is 1100. The van der Waals surface area contributed by atoms with Gasteiger partial charge in [0, 0.05) is 12.4 Å². The smallest absolute Gasteiger partial charge is 0.267 e. The molecule has 0 aliphatic heterocycles. The van der Waals surface area contributed by atoms with Gasteiger partial charge in [-0.1, -0.05) is 12.1 Å². The fourth-order valence-corrected chi connectivity index (χ4v) is 2.93. The number of nitrogens with one attached hydrogen (secondary N) is 2. The van der Waals surface area contributed by atoms with Crippen LogP contribution in [0.25, 0.3) is 11.6 Å². The van der Waals surface area contributed by atoms with Crippen LogP contribution in [-0.2, 0) is 0 Å². The van der Waals surface area contributed by atoms with Gasteiger partial charge in [-0.25, -0.2) is 19.3 Å². The summed E-state index contributed by atoms with van der Waals surface area (Å²) in [5.74, 6) is 0.210. The molecule has 150 valence electrons. The number of carbonyl (C=O) groups is 2. The summed E-state index contributed by atoms with van der Waals surface area (Å²) in [5.41, 5.74) is 6.66. The minimum Gasteiger partial charge on any atom is -0.267 e. The Morgan fingerprint density at radius 3 is 1.53 bits per heavy atom. The summed E-state index contributed by atoms with van der Waals surface area (Å²) in [6, 6.07) is 10.8. The number of hydrogen-bond donors (Lipinski definition) is 2. The van der Waals surface area contributed by atoms with Gasteiger partial charge in [0.1, 0.15) is 0 Å². The van der Waals surface area contributed by atoms with Crippen molar-refractivity contribution in [1.82, 2.24) is 40.4 Å². The van der Waals surface area contributed by atoms with Crippen molar-refractivity contribution in [2.24, 2.45) is 0 Å². The van der Waals surface area contributed by atoms with Crippen molar-refractivity contribution in [3.8, 4) is 11.6 Å². The second-order valence-corrected chi connectivity index (χ2v) is 6.40. The number of aromatic nitrogens is 6. The Hall–Kier alpha value is -4.34. The second-order valence-electron chi connectivity index (χ2n) is 6.40. The summed E-state index contributed by atoms with van der Waals surface area (Å²) < 4.78 is 3.11. The zero-order chi connectivity index (χ0) is 21.1. The molecule has 4 rings (SSSR count). The summed E-state index contributed by atoms with van der Waals surface area (Å²) in [6.45, 7) is 3.50. The van der Waals surface area contributed by atoms with Crippen LogP contribution in [0.5, 0.6) is 0 Å². The SMILES string of the molecule is Cc1c(C(=O)NNC(=O)c2cnn(-c3ccccn3)c2C)cnn1-c1ccccn1. The van der Waals surface area contributed by atoms with Crippen LogP contribution in [-0.4, -0.2) is 41.3 Å². The fourth-order valence-electron chi connectivity index (χ4n) is 2.93. The van der Waals surface area contributed by atoms with Gasteiger partial charge in [-0.3, -0.25) is 20.4 Å². The van der Waals surface area contributed by atoms with Crippen LogP contribution in [0.4, 0.5) is 0 Å². The topological polar surface area (TPSA) is 120 Å². The molecular weight excluding hydrogens is 384 g/mol. The van der Waals surface area contributed by atoms with Crippen molar-refractivity contribution in [2.75, 3.05) is 0 Å². The molecular formula is C20H18N8O2. The summed E-state index contributed by atoms with van der Waals surface area (Å²) >= 11 is 0. The van der Waals surface area contributed by atoms with Gasteiger partial charge in [-0.2, -0.15) is 10.2 Å². The van der Waals surface area contributed by atoms with Crippen molar-refractivity contribution in [3.05, 3.63) is 83.7 Å². The summed E-state index contributed by atoms with van der Waals surface area (Å²) in [6.07, 6.45) is 6.14. The molecule has 4 aromatic rings.